The van der Waals surface area contributed by atoms with Crippen LogP contribution in [0.15, 0.2) is 65.7 Å². The molecule has 2 aromatic heterocycles. The number of hydrogen-bond acceptors (Lipinski definition) is 5. The zero-order chi connectivity index (χ0) is 21.3. The molecular weight excluding hydrogens is 396 g/mol. The van der Waals surface area contributed by atoms with Gasteiger partial charge >= 0.3 is 5.97 Å². The van der Waals surface area contributed by atoms with E-state index in [4.69, 9.17) is 4.74 Å². The molecule has 30 heavy (non-hydrogen) atoms. The average Bonchev–Trinajstić information content (AvgIpc) is 3.07. The number of ether oxygens (including phenoxy) is 1. The summed E-state index contributed by atoms with van der Waals surface area (Å²) >= 11 is 1.54. The number of carbonyl (C=O) groups is 1. The average molecular weight is 419 g/mol. The highest BCUT2D eigenvalue weighted by Gasteiger charge is 2.17. The van der Waals surface area contributed by atoms with Gasteiger partial charge in [0.1, 0.15) is 4.83 Å². The van der Waals surface area contributed by atoms with Crippen molar-refractivity contribution >= 4 is 27.5 Å². The van der Waals surface area contributed by atoms with Gasteiger partial charge in [0, 0.05) is 10.4 Å². The van der Waals surface area contributed by atoms with Gasteiger partial charge < -0.3 is 4.74 Å². The first-order chi connectivity index (χ1) is 14.4. The van der Waals surface area contributed by atoms with E-state index >= 15 is 0 Å². The van der Waals surface area contributed by atoms with E-state index in [1.165, 1.54) is 11.3 Å². The largest absolute Gasteiger partial charge is 0.459 e. The molecule has 0 N–H and O–H groups in total. The second-order valence-corrected chi connectivity index (χ2v) is 8.61. The lowest BCUT2D eigenvalue weighted by Crippen LogP contribution is -2.21. The van der Waals surface area contributed by atoms with E-state index in [1.54, 1.807) is 23.0 Å². The van der Waals surface area contributed by atoms with Crippen LogP contribution in [-0.2, 0) is 11.3 Å². The molecule has 152 valence electrons. The van der Waals surface area contributed by atoms with Gasteiger partial charge in [-0.05, 0) is 44.0 Å². The third kappa shape index (κ3) is 3.91. The second-order valence-electron chi connectivity index (χ2n) is 7.41. The number of aryl methyl sites for hydroxylation is 1. The molecule has 2 heterocycles. The first kappa shape index (κ1) is 20.0. The summed E-state index contributed by atoms with van der Waals surface area (Å²) in [6.07, 6.45) is 1.43. The number of aromatic nitrogens is 2. The highest BCUT2D eigenvalue weighted by molar-refractivity contribution is 7.19. The quantitative estimate of drug-likeness (QED) is 0.426. The summed E-state index contributed by atoms with van der Waals surface area (Å²) in [5.74, 6) is -0.349. The van der Waals surface area contributed by atoms with Crippen LogP contribution in [0.25, 0.3) is 21.3 Å². The van der Waals surface area contributed by atoms with Crippen LogP contribution < -0.4 is 5.56 Å². The molecule has 2 aromatic carbocycles. The smallest absolute Gasteiger partial charge is 0.338 e. The summed E-state index contributed by atoms with van der Waals surface area (Å²) in [6, 6.07) is 17.1. The Morgan fingerprint density at radius 3 is 2.47 bits per heavy atom. The first-order valence-electron chi connectivity index (χ1n) is 9.78. The molecule has 0 saturated heterocycles. The van der Waals surface area contributed by atoms with Gasteiger partial charge in [-0.1, -0.05) is 42.5 Å². The number of thiophene rings is 1. The van der Waals surface area contributed by atoms with Crippen LogP contribution in [-0.4, -0.2) is 21.6 Å². The molecule has 0 unspecified atom stereocenters. The monoisotopic (exact) mass is 418 g/mol. The number of esters is 1. The van der Waals surface area contributed by atoms with Crippen molar-refractivity contribution in [1.82, 2.24) is 9.55 Å². The van der Waals surface area contributed by atoms with E-state index in [2.05, 4.69) is 4.98 Å². The molecule has 0 radical (unpaired) electrons. The normalized spacial score (nSPS) is 11.2. The Hall–Kier alpha value is -3.25. The molecule has 0 atom stereocenters. The molecule has 0 aliphatic carbocycles. The van der Waals surface area contributed by atoms with Crippen molar-refractivity contribution in [1.29, 1.82) is 0 Å². The molecule has 0 aliphatic heterocycles. The minimum Gasteiger partial charge on any atom is -0.459 e. The van der Waals surface area contributed by atoms with Crippen molar-refractivity contribution in [2.24, 2.45) is 0 Å². The van der Waals surface area contributed by atoms with Crippen LogP contribution in [0.5, 0.6) is 0 Å². The Morgan fingerprint density at radius 1 is 1.10 bits per heavy atom. The van der Waals surface area contributed by atoms with Crippen molar-refractivity contribution in [3.05, 3.63) is 87.3 Å². The Labute approximate surface area is 178 Å². The molecule has 0 amide bonds. The number of rotatable bonds is 5. The van der Waals surface area contributed by atoms with Crippen LogP contribution in [0.4, 0.5) is 0 Å². The molecule has 0 spiro atoms. The fraction of sp³-hybridized carbons (Fsp3) is 0.208. The van der Waals surface area contributed by atoms with Gasteiger partial charge in [-0.15, -0.1) is 11.3 Å². The Bertz CT molecular complexity index is 1260. The third-order valence-corrected chi connectivity index (χ3v) is 5.82. The molecular formula is C24H22N2O3S. The van der Waals surface area contributed by atoms with E-state index in [9.17, 15) is 9.59 Å². The van der Waals surface area contributed by atoms with Crippen molar-refractivity contribution in [3.8, 4) is 11.1 Å². The van der Waals surface area contributed by atoms with Crippen molar-refractivity contribution < 1.29 is 9.53 Å². The standard InChI is InChI=1S/C24H22N2O3S/c1-15(2)29-24(28)19-11-9-17(10-12-19)13-26-14-25-22-21(23(26)27)20(16(3)30-22)18-7-5-4-6-8-18/h4-12,14-15H,13H2,1-3H3. The molecule has 5 nitrogen and oxygen atoms in total. The maximum Gasteiger partial charge on any atom is 0.338 e. The number of carbonyl (C=O) groups excluding carboxylic acids is 1. The minimum absolute atomic E-state index is 0.0634. The van der Waals surface area contributed by atoms with E-state index in [0.717, 1.165) is 26.4 Å². The summed E-state index contributed by atoms with van der Waals surface area (Å²) in [6.45, 7) is 6.03. The fourth-order valence-corrected chi connectivity index (χ4v) is 4.43. The van der Waals surface area contributed by atoms with Crippen molar-refractivity contribution in [2.45, 2.75) is 33.4 Å². The molecule has 4 rings (SSSR count). The van der Waals surface area contributed by atoms with Gasteiger partial charge in [-0.2, -0.15) is 0 Å². The second kappa shape index (κ2) is 8.24. The lowest BCUT2D eigenvalue weighted by molar-refractivity contribution is 0.0378. The van der Waals surface area contributed by atoms with Gasteiger partial charge in [0.2, 0.25) is 0 Å². The maximum atomic E-state index is 13.3. The number of nitrogens with zero attached hydrogens (tertiary/aromatic N) is 2. The highest BCUT2D eigenvalue weighted by atomic mass is 32.1. The van der Waals surface area contributed by atoms with E-state index in [-0.39, 0.29) is 17.6 Å². The van der Waals surface area contributed by atoms with E-state index < -0.39 is 0 Å². The molecule has 0 aliphatic rings. The Morgan fingerprint density at radius 2 is 1.80 bits per heavy atom. The number of benzene rings is 2. The number of hydrogen-bond donors (Lipinski definition) is 0. The summed E-state index contributed by atoms with van der Waals surface area (Å²) < 4.78 is 6.83. The summed E-state index contributed by atoms with van der Waals surface area (Å²) in [4.78, 5) is 31.7. The van der Waals surface area contributed by atoms with Crippen LogP contribution in [0.1, 0.15) is 34.6 Å². The van der Waals surface area contributed by atoms with Gasteiger partial charge in [0.15, 0.2) is 0 Å². The topological polar surface area (TPSA) is 61.2 Å². The molecule has 0 fully saturated rings. The summed E-state index contributed by atoms with van der Waals surface area (Å²) in [7, 11) is 0. The zero-order valence-electron chi connectivity index (χ0n) is 17.1. The lowest BCUT2D eigenvalue weighted by atomic mass is 10.0. The van der Waals surface area contributed by atoms with Crippen molar-refractivity contribution in [2.75, 3.05) is 0 Å². The predicted molar refractivity (Wildman–Crippen MR) is 120 cm³/mol. The Kier molecular flexibility index (Phi) is 5.50. The van der Waals surface area contributed by atoms with E-state index in [0.29, 0.717) is 17.5 Å². The van der Waals surface area contributed by atoms with Gasteiger partial charge in [0.05, 0.1) is 29.9 Å². The summed E-state index contributed by atoms with van der Waals surface area (Å²) in [5.41, 5.74) is 3.31. The van der Waals surface area contributed by atoms with Gasteiger partial charge in [-0.3, -0.25) is 9.36 Å². The first-order valence-corrected chi connectivity index (χ1v) is 10.6. The number of fused-ring (bicyclic) bond motifs is 1. The maximum absolute atomic E-state index is 13.3. The third-order valence-electron chi connectivity index (χ3n) is 4.80. The van der Waals surface area contributed by atoms with Crippen LogP contribution in [0, 0.1) is 6.92 Å². The zero-order valence-corrected chi connectivity index (χ0v) is 17.9. The Balaban J connectivity index is 1.68. The van der Waals surface area contributed by atoms with Crippen molar-refractivity contribution in [3.63, 3.8) is 0 Å². The molecule has 4 aromatic rings. The van der Waals surface area contributed by atoms with Gasteiger partial charge in [0.25, 0.3) is 5.56 Å². The molecule has 0 bridgehead atoms. The minimum atomic E-state index is -0.349. The van der Waals surface area contributed by atoms with Crippen LogP contribution in [0.3, 0.4) is 0 Å². The van der Waals surface area contributed by atoms with Gasteiger partial charge in [-0.25, -0.2) is 9.78 Å². The molecule has 6 heteroatoms. The predicted octanol–water partition coefficient (Wildman–Crippen LogP) is 5.05. The van der Waals surface area contributed by atoms with Crippen LogP contribution >= 0.6 is 11.3 Å². The molecule has 0 saturated carbocycles. The fourth-order valence-electron chi connectivity index (χ4n) is 3.43. The summed E-state index contributed by atoms with van der Waals surface area (Å²) in [5, 5.41) is 0.656. The van der Waals surface area contributed by atoms with Crippen LogP contribution in [0.2, 0.25) is 0 Å². The highest BCUT2D eigenvalue weighted by Crippen LogP contribution is 2.35. The lowest BCUT2D eigenvalue weighted by Gasteiger charge is -2.09. The SMILES string of the molecule is Cc1sc2ncn(Cc3ccc(C(=O)OC(C)C)cc3)c(=O)c2c1-c1ccccc1. The van der Waals surface area contributed by atoms with E-state index in [1.807, 2.05) is 63.2 Å².